The van der Waals surface area contributed by atoms with E-state index in [0.29, 0.717) is 10.8 Å². The summed E-state index contributed by atoms with van der Waals surface area (Å²) in [6.07, 6.45) is 0. The Morgan fingerprint density at radius 3 is 2.47 bits per heavy atom. The van der Waals surface area contributed by atoms with Gasteiger partial charge in [0, 0.05) is 16.0 Å². The summed E-state index contributed by atoms with van der Waals surface area (Å²) in [6.45, 7) is 0. The lowest BCUT2D eigenvalue weighted by atomic mass is 10.3. The molecule has 0 saturated carbocycles. The van der Waals surface area contributed by atoms with Crippen LogP contribution in [0.3, 0.4) is 0 Å². The number of rotatable bonds is 3. The van der Waals surface area contributed by atoms with E-state index in [-0.39, 0.29) is 5.75 Å². The van der Waals surface area contributed by atoms with Crippen molar-refractivity contribution < 1.29 is 9.84 Å². The number of hydrogen-bond acceptors (Lipinski definition) is 3. The molecule has 1 N–H and O–H groups in total. The molecule has 0 bridgehead atoms. The summed E-state index contributed by atoms with van der Waals surface area (Å²) in [4.78, 5) is 2.02. The first kappa shape index (κ1) is 12.1. The van der Waals surface area contributed by atoms with Crippen LogP contribution in [0.5, 0.6) is 11.5 Å². The second kappa shape index (κ2) is 5.34. The molecule has 0 saturated heterocycles. The van der Waals surface area contributed by atoms with Gasteiger partial charge in [-0.2, -0.15) is 0 Å². The minimum atomic E-state index is 0.197. The summed E-state index contributed by atoms with van der Waals surface area (Å²) in [5.74, 6) is 0.854. The molecule has 0 radical (unpaired) electrons. The van der Waals surface area contributed by atoms with Crippen molar-refractivity contribution >= 4 is 23.4 Å². The van der Waals surface area contributed by atoms with Gasteiger partial charge < -0.3 is 9.84 Å². The molecule has 0 aromatic heterocycles. The van der Waals surface area contributed by atoms with Gasteiger partial charge in [0.15, 0.2) is 0 Å². The number of benzene rings is 2. The lowest BCUT2D eigenvalue weighted by molar-refractivity contribution is 0.398. The zero-order chi connectivity index (χ0) is 12.3. The molecule has 0 amide bonds. The third-order valence-electron chi connectivity index (χ3n) is 2.19. The fraction of sp³-hybridized carbons (Fsp3) is 0.0769. The van der Waals surface area contributed by atoms with Crippen LogP contribution in [0.1, 0.15) is 0 Å². The van der Waals surface area contributed by atoms with Crippen LogP contribution in [0.2, 0.25) is 5.02 Å². The van der Waals surface area contributed by atoms with Crippen LogP contribution < -0.4 is 4.74 Å². The summed E-state index contributed by atoms with van der Waals surface area (Å²) in [5.41, 5.74) is 0. The number of methoxy groups -OCH3 is 1. The molecule has 4 heteroatoms. The van der Waals surface area contributed by atoms with Crippen LogP contribution in [-0.2, 0) is 0 Å². The summed E-state index contributed by atoms with van der Waals surface area (Å²) >= 11 is 7.39. The number of ether oxygens (including phenoxy) is 1. The monoisotopic (exact) mass is 266 g/mol. The summed E-state index contributed by atoms with van der Waals surface area (Å²) < 4.78 is 5.22. The Labute approximate surface area is 109 Å². The molecule has 0 spiro atoms. The average Bonchev–Trinajstić information content (AvgIpc) is 2.34. The fourth-order valence-electron chi connectivity index (χ4n) is 1.37. The van der Waals surface area contributed by atoms with Crippen LogP contribution in [0.4, 0.5) is 0 Å². The molecular weight excluding hydrogens is 256 g/mol. The third kappa shape index (κ3) is 3.08. The second-order valence-corrected chi connectivity index (χ2v) is 4.94. The molecule has 0 heterocycles. The van der Waals surface area contributed by atoms with Crippen LogP contribution in [0, 0.1) is 0 Å². The van der Waals surface area contributed by atoms with Gasteiger partial charge in [0.2, 0.25) is 0 Å². The number of aromatic hydroxyl groups is 1. The lowest BCUT2D eigenvalue weighted by Crippen LogP contribution is -1.85. The normalized spacial score (nSPS) is 10.2. The third-order valence-corrected chi connectivity index (χ3v) is 3.51. The highest BCUT2D eigenvalue weighted by molar-refractivity contribution is 7.99. The van der Waals surface area contributed by atoms with E-state index in [0.717, 1.165) is 9.79 Å². The van der Waals surface area contributed by atoms with Crippen LogP contribution in [0.25, 0.3) is 0 Å². The van der Waals surface area contributed by atoms with Gasteiger partial charge in [-0.25, -0.2) is 0 Å². The number of halogens is 1. The van der Waals surface area contributed by atoms with Crippen molar-refractivity contribution in [3.8, 4) is 11.5 Å². The zero-order valence-electron chi connectivity index (χ0n) is 9.18. The van der Waals surface area contributed by atoms with Crippen LogP contribution in [-0.4, -0.2) is 12.2 Å². The first-order valence-corrected chi connectivity index (χ1v) is 6.19. The largest absolute Gasteiger partial charge is 0.508 e. The van der Waals surface area contributed by atoms with E-state index in [9.17, 15) is 5.11 Å². The van der Waals surface area contributed by atoms with Gasteiger partial charge in [0.1, 0.15) is 11.5 Å². The van der Waals surface area contributed by atoms with E-state index in [4.69, 9.17) is 16.3 Å². The van der Waals surface area contributed by atoms with Crippen LogP contribution >= 0.6 is 23.4 Å². The summed E-state index contributed by atoms with van der Waals surface area (Å²) in [6, 6.07) is 12.6. The first-order chi connectivity index (χ1) is 8.19. The summed E-state index contributed by atoms with van der Waals surface area (Å²) in [7, 11) is 1.58. The Kier molecular flexibility index (Phi) is 3.82. The second-order valence-electron chi connectivity index (χ2n) is 3.39. The van der Waals surface area contributed by atoms with Crippen molar-refractivity contribution in [3.05, 3.63) is 47.5 Å². The van der Waals surface area contributed by atoms with Crippen molar-refractivity contribution in [2.45, 2.75) is 9.79 Å². The lowest BCUT2D eigenvalue weighted by Gasteiger charge is -2.08. The molecular formula is C13H11ClO2S. The van der Waals surface area contributed by atoms with Crippen molar-refractivity contribution in [2.75, 3.05) is 7.11 Å². The topological polar surface area (TPSA) is 29.5 Å². The Hall–Kier alpha value is -1.32. The average molecular weight is 267 g/mol. The van der Waals surface area contributed by atoms with Gasteiger partial charge in [0.25, 0.3) is 0 Å². The maximum atomic E-state index is 9.36. The molecule has 88 valence electrons. The van der Waals surface area contributed by atoms with Gasteiger partial charge in [0.05, 0.1) is 12.0 Å². The highest BCUT2D eigenvalue weighted by atomic mass is 35.5. The molecule has 0 aliphatic carbocycles. The smallest absolute Gasteiger partial charge is 0.136 e. The predicted octanol–water partition coefficient (Wildman–Crippen LogP) is 4.21. The van der Waals surface area contributed by atoms with E-state index in [1.165, 1.54) is 0 Å². The van der Waals surface area contributed by atoms with E-state index in [1.807, 2.05) is 30.3 Å². The minimum absolute atomic E-state index is 0.197. The van der Waals surface area contributed by atoms with Gasteiger partial charge in [-0.1, -0.05) is 23.4 Å². The van der Waals surface area contributed by atoms with Gasteiger partial charge in [-0.3, -0.25) is 0 Å². The molecule has 0 atom stereocenters. The number of phenolic OH excluding ortho intramolecular Hbond substituents is 1. The van der Waals surface area contributed by atoms with E-state index in [2.05, 4.69) is 0 Å². The van der Waals surface area contributed by atoms with Crippen LogP contribution in [0.15, 0.2) is 52.3 Å². The van der Waals surface area contributed by atoms with Crippen molar-refractivity contribution in [1.82, 2.24) is 0 Å². The highest BCUT2D eigenvalue weighted by Gasteiger charge is 2.06. The van der Waals surface area contributed by atoms with Crippen molar-refractivity contribution in [3.63, 3.8) is 0 Å². The molecule has 0 fully saturated rings. The molecule has 2 aromatic rings. The zero-order valence-corrected chi connectivity index (χ0v) is 10.8. The number of hydrogen-bond donors (Lipinski definition) is 1. The first-order valence-electron chi connectivity index (χ1n) is 4.99. The molecule has 17 heavy (non-hydrogen) atoms. The van der Waals surface area contributed by atoms with E-state index >= 15 is 0 Å². The maximum Gasteiger partial charge on any atom is 0.136 e. The molecule has 2 nitrogen and oxygen atoms in total. The fourth-order valence-corrected chi connectivity index (χ4v) is 2.40. The maximum absolute atomic E-state index is 9.36. The van der Waals surface area contributed by atoms with E-state index in [1.54, 1.807) is 31.0 Å². The molecule has 0 aliphatic heterocycles. The predicted molar refractivity (Wildman–Crippen MR) is 70.2 cm³/mol. The van der Waals surface area contributed by atoms with Gasteiger partial charge >= 0.3 is 0 Å². The number of phenols is 1. The van der Waals surface area contributed by atoms with E-state index < -0.39 is 0 Å². The molecule has 2 aromatic carbocycles. The van der Waals surface area contributed by atoms with Gasteiger partial charge in [-0.15, -0.1) is 0 Å². The van der Waals surface area contributed by atoms with Crippen molar-refractivity contribution in [1.29, 1.82) is 0 Å². The van der Waals surface area contributed by atoms with Gasteiger partial charge in [-0.05, 0) is 36.4 Å². The molecule has 2 rings (SSSR count). The molecule has 0 aliphatic rings. The minimum Gasteiger partial charge on any atom is -0.508 e. The quantitative estimate of drug-likeness (QED) is 0.903. The Morgan fingerprint density at radius 2 is 1.82 bits per heavy atom. The SMILES string of the molecule is COc1cc(O)ccc1Sc1ccc(Cl)cc1. The standard InChI is InChI=1S/C13H11ClO2S/c1-16-12-8-10(15)4-7-13(12)17-11-5-2-9(14)3-6-11/h2-8,15H,1H3. The Balaban J connectivity index is 2.26. The molecule has 0 unspecified atom stereocenters. The van der Waals surface area contributed by atoms with Crippen molar-refractivity contribution in [2.24, 2.45) is 0 Å². The highest BCUT2D eigenvalue weighted by Crippen LogP contribution is 2.37. The Morgan fingerprint density at radius 1 is 1.12 bits per heavy atom. The summed E-state index contributed by atoms with van der Waals surface area (Å²) in [5, 5.41) is 10.1. The Bertz CT molecular complexity index is 511.